The normalized spacial score (nSPS) is 12.8. The van der Waals surface area contributed by atoms with Crippen LogP contribution in [-0.2, 0) is 6.42 Å². The zero-order chi connectivity index (χ0) is 8.81. The lowest BCUT2D eigenvalue weighted by molar-refractivity contribution is 0.257. The Morgan fingerprint density at radius 1 is 1.33 bits per heavy atom. The molecule has 1 atom stereocenters. The fourth-order valence-electron chi connectivity index (χ4n) is 1.04. The van der Waals surface area contributed by atoms with E-state index < -0.39 is 0 Å². The molecule has 0 radical (unpaired) electrons. The van der Waals surface area contributed by atoms with Crippen molar-refractivity contribution in [2.75, 3.05) is 6.61 Å². The van der Waals surface area contributed by atoms with Crippen molar-refractivity contribution in [3.05, 3.63) is 35.9 Å². The van der Waals surface area contributed by atoms with Crippen LogP contribution in [0.5, 0.6) is 0 Å². The molecule has 0 spiro atoms. The van der Waals surface area contributed by atoms with Gasteiger partial charge in [0.25, 0.3) is 0 Å². The Balaban J connectivity index is 2.51. The predicted molar refractivity (Wildman–Crippen MR) is 50.0 cm³/mol. The lowest BCUT2D eigenvalue weighted by Crippen LogP contribution is -2.27. The topological polar surface area (TPSA) is 32.3 Å². The van der Waals surface area contributed by atoms with E-state index in [0.29, 0.717) is 0 Å². The van der Waals surface area contributed by atoms with E-state index in [9.17, 15) is 0 Å². The van der Waals surface area contributed by atoms with Gasteiger partial charge in [0.1, 0.15) is 0 Å². The number of hydrogen-bond acceptors (Lipinski definition) is 2. The molecule has 0 aliphatic carbocycles. The Bertz CT molecular complexity index is 211. The highest BCUT2D eigenvalue weighted by Crippen LogP contribution is 2.02. The summed E-state index contributed by atoms with van der Waals surface area (Å²) in [5, 5.41) is 8.84. The molecular formula is C9H12ClNO. The Morgan fingerprint density at radius 3 is 2.50 bits per heavy atom. The van der Waals surface area contributed by atoms with E-state index in [1.54, 1.807) is 0 Å². The molecule has 1 rings (SSSR count). The molecule has 0 aromatic heterocycles. The lowest BCUT2D eigenvalue weighted by Gasteiger charge is -2.10. The van der Waals surface area contributed by atoms with Gasteiger partial charge in [0.05, 0.1) is 6.61 Å². The van der Waals surface area contributed by atoms with Crippen LogP contribution in [0.25, 0.3) is 0 Å². The van der Waals surface area contributed by atoms with Crippen molar-refractivity contribution >= 4 is 11.8 Å². The zero-order valence-electron chi connectivity index (χ0n) is 6.70. The number of benzene rings is 1. The molecule has 2 N–H and O–H groups in total. The summed E-state index contributed by atoms with van der Waals surface area (Å²) < 4.78 is 0. The van der Waals surface area contributed by atoms with Crippen molar-refractivity contribution in [2.24, 2.45) is 0 Å². The fourth-order valence-corrected chi connectivity index (χ4v) is 1.18. The van der Waals surface area contributed by atoms with Gasteiger partial charge in [-0.2, -0.15) is 0 Å². The first-order chi connectivity index (χ1) is 5.86. The highest BCUT2D eigenvalue weighted by atomic mass is 35.5. The number of halogens is 1. The van der Waals surface area contributed by atoms with Crippen molar-refractivity contribution in [1.82, 2.24) is 4.84 Å². The Morgan fingerprint density at radius 2 is 2.00 bits per heavy atom. The van der Waals surface area contributed by atoms with Crippen LogP contribution in [0.2, 0.25) is 0 Å². The minimum Gasteiger partial charge on any atom is -0.395 e. The number of rotatable bonds is 4. The average Bonchev–Trinajstić information content (AvgIpc) is 2.16. The summed E-state index contributed by atoms with van der Waals surface area (Å²) >= 11 is 5.41. The zero-order valence-corrected chi connectivity index (χ0v) is 7.46. The molecule has 0 heterocycles. The van der Waals surface area contributed by atoms with Gasteiger partial charge in [-0.05, 0) is 23.8 Å². The van der Waals surface area contributed by atoms with Gasteiger partial charge in [-0.3, -0.25) is 0 Å². The summed E-state index contributed by atoms with van der Waals surface area (Å²) in [4.78, 5) is 2.52. The van der Waals surface area contributed by atoms with Crippen molar-refractivity contribution in [2.45, 2.75) is 12.5 Å². The van der Waals surface area contributed by atoms with Crippen LogP contribution in [0.4, 0.5) is 0 Å². The molecule has 0 saturated carbocycles. The van der Waals surface area contributed by atoms with E-state index in [1.807, 2.05) is 30.3 Å². The third-order valence-electron chi connectivity index (χ3n) is 1.70. The van der Waals surface area contributed by atoms with E-state index in [0.717, 1.165) is 6.42 Å². The molecule has 2 nitrogen and oxygen atoms in total. The largest absolute Gasteiger partial charge is 0.395 e. The maximum Gasteiger partial charge on any atom is 0.0600 e. The molecule has 0 fully saturated rings. The molecule has 1 aromatic rings. The number of hydrogen-bond donors (Lipinski definition) is 2. The lowest BCUT2D eigenvalue weighted by atomic mass is 10.1. The van der Waals surface area contributed by atoms with E-state index in [-0.39, 0.29) is 12.6 Å². The Hall–Kier alpha value is -0.570. The summed E-state index contributed by atoms with van der Waals surface area (Å²) in [5.41, 5.74) is 1.17. The van der Waals surface area contributed by atoms with Crippen molar-refractivity contribution in [1.29, 1.82) is 0 Å². The smallest absolute Gasteiger partial charge is 0.0600 e. The summed E-state index contributed by atoms with van der Waals surface area (Å²) in [5.74, 6) is 0. The van der Waals surface area contributed by atoms with Gasteiger partial charge in [-0.1, -0.05) is 30.3 Å². The highest BCUT2D eigenvalue weighted by Gasteiger charge is 2.04. The predicted octanol–water partition coefficient (Wildman–Crippen LogP) is 1.33. The Labute approximate surface area is 77.3 Å². The Kier molecular flexibility index (Phi) is 4.08. The minimum absolute atomic E-state index is 0.0540. The molecular weight excluding hydrogens is 174 g/mol. The van der Waals surface area contributed by atoms with Gasteiger partial charge in [0, 0.05) is 6.04 Å². The van der Waals surface area contributed by atoms with Crippen LogP contribution < -0.4 is 4.84 Å². The molecule has 0 amide bonds. The average molecular weight is 186 g/mol. The van der Waals surface area contributed by atoms with E-state index in [1.165, 1.54) is 5.56 Å². The van der Waals surface area contributed by atoms with Crippen LogP contribution in [0.15, 0.2) is 30.3 Å². The third-order valence-corrected chi connectivity index (χ3v) is 2.01. The van der Waals surface area contributed by atoms with Crippen LogP contribution in [0.1, 0.15) is 5.56 Å². The first-order valence-corrected chi connectivity index (χ1v) is 4.25. The molecule has 0 aliphatic rings. The maximum absolute atomic E-state index is 8.84. The summed E-state index contributed by atoms with van der Waals surface area (Å²) in [7, 11) is 0. The number of aliphatic hydroxyl groups excluding tert-OH is 1. The summed E-state index contributed by atoms with van der Waals surface area (Å²) in [6, 6.07) is 9.86. The van der Waals surface area contributed by atoms with Gasteiger partial charge in [0.15, 0.2) is 0 Å². The second kappa shape index (κ2) is 5.14. The molecule has 12 heavy (non-hydrogen) atoms. The first-order valence-electron chi connectivity index (χ1n) is 3.87. The van der Waals surface area contributed by atoms with E-state index >= 15 is 0 Å². The molecule has 1 aromatic carbocycles. The van der Waals surface area contributed by atoms with Crippen LogP contribution in [0, 0.1) is 0 Å². The molecule has 0 unspecified atom stereocenters. The van der Waals surface area contributed by atoms with Gasteiger partial charge >= 0.3 is 0 Å². The van der Waals surface area contributed by atoms with Crippen molar-refractivity contribution in [3.63, 3.8) is 0 Å². The van der Waals surface area contributed by atoms with Crippen LogP contribution in [-0.4, -0.2) is 17.8 Å². The van der Waals surface area contributed by atoms with Gasteiger partial charge in [0.2, 0.25) is 0 Å². The van der Waals surface area contributed by atoms with E-state index in [2.05, 4.69) is 4.84 Å². The minimum atomic E-state index is -0.0610. The standard InChI is InChI=1S/C9H12ClNO/c10-11-9(7-12)6-8-4-2-1-3-5-8/h1-5,9,11-12H,6-7H2/t9-/m0/s1. The highest BCUT2D eigenvalue weighted by molar-refractivity contribution is 6.13. The van der Waals surface area contributed by atoms with Crippen LogP contribution >= 0.6 is 11.8 Å². The van der Waals surface area contributed by atoms with Gasteiger partial charge < -0.3 is 5.11 Å². The van der Waals surface area contributed by atoms with Crippen molar-refractivity contribution < 1.29 is 5.11 Å². The number of nitrogens with one attached hydrogen (secondary N) is 1. The second-order valence-corrected chi connectivity index (χ2v) is 2.90. The molecule has 0 saturated heterocycles. The third kappa shape index (κ3) is 2.81. The van der Waals surface area contributed by atoms with Crippen LogP contribution in [0.3, 0.4) is 0 Å². The SMILES string of the molecule is OC[C@H](Cc1ccccc1)NCl. The summed E-state index contributed by atoms with van der Waals surface area (Å²) in [6.45, 7) is 0.0540. The molecule has 0 aliphatic heterocycles. The molecule has 0 bridgehead atoms. The van der Waals surface area contributed by atoms with Gasteiger partial charge in [-0.25, -0.2) is 4.84 Å². The number of aliphatic hydroxyl groups is 1. The van der Waals surface area contributed by atoms with Crippen molar-refractivity contribution in [3.8, 4) is 0 Å². The van der Waals surface area contributed by atoms with E-state index in [4.69, 9.17) is 16.9 Å². The quantitative estimate of drug-likeness (QED) is 0.694. The molecule has 66 valence electrons. The second-order valence-electron chi connectivity index (χ2n) is 2.68. The van der Waals surface area contributed by atoms with Gasteiger partial charge in [-0.15, -0.1) is 0 Å². The first kappa shape index (κ1) is 9.52. The molecule has 3 heteroatoms. The monoisotopic (exact) mass is 185 g/mol. The maximum atomic E-state index is 8.84. The fraction of sp³-hybridized carbons (Fsp3) is 0.333. The summed E-state index contributed by atoms with van der Waals surface area (Å²) in [6.07, 6.45) is 0.751.